The van der Waals surface area contributed by atoms with Gasteiger partial charge in [0.1, 0.15) is 23.9 Å². The van der Waals surface area contributed by atoms with Gasteiger partial charge in [-0.2, -0.15) is 0 Å². The molecule has 3 rings (SSSR count). The molecule has 1 amide bonds. The summed E-state index contributed by atoms with van der Waals surface area (Å²) in [6.45, 7) is -0.363. The Balaban J connectivity index is 1.64. The first-order chi connectivity index (χ1) is 12.6. The van der Waals surface area contributed by atoms with Gasteiger partial charge in [0, 0.05) is 11.3 Å². The predicted octanol–water partition coefficient (Wildman–Crippen LogP) is 4.76. The summed E-state index contributed by atoms with van der Waals surface area (Å²) in [4.78, 5) is 12.0. The lowest BCUT2D eigenvalue weighted by Gasteiger charge is -2.10. The molecule has 0 aliphatic rings. The molecule has 3 aromatic rings. The molecule has 0 bridgehead atoms. The van der Waals surface area contributed by atoms with E-state index in [1.807, 2.05) is 0 Å². The molecule has 0 unspecified atom stereocenters. The van der Waals surface area contributed by atoms with Crippen LogP contribution < -0.4 is 10.1 Å². The fourth-order valence-corrected chi connectivity index (χ4v) is 2.77. The molecule has 134 valence electrons. The molecule has 0 saturated carbocycles. The summed E-state index contributed by atoms with van der Waals surface area (Å²) < 4.78 is 10.9. The van der Waals surface area contributed by atoms with Crippen molar-refractivity contribution in [2.75, 3.05) is 11.9 Å². The van der Waals surface area contributed by atoms with E-state index in [-0.39, 0.29) is 19.1 Å². The van der Waals surface area contributed by atoms with Crippen LogP contribution in [0.4, 0.5) is 5.69 Å². The maximum Gasteiger partial charge on any atom is 0.262 e. The topological polar surface area (TPSA) is 71.7 Å². The number of carbonyl (C=O) groups excluding carboxylic acids is 1. The number of aliphatic hydroxyl groups excluding tert-OH is 1. The number of rotatable bonds is 6. The standard InChI is InChI=1S/C19H15Cl2NO4/c20-15-3-1-2-4-18(15)25-11-19(24)22-12-5-7-14(16(21)9-12)17-8-6-13(10-23)26-17/h1-9,23H,10-11H2,(H,22,24). The molecule has 0 aliphatic carbocycles. The van der Waals surface area contributed by atoms with E-state index in [1.54, 1.807) is 54.6 Å². The molecule has 26 heavy (non-hydrogen) atoms. The van der Waals surface area contributed by atoms with Crippen molar-refractivity contribution in [1.29, 1.82) is 0 Å². The molecular weight excluding hydrogens is 377 g/mol. The average molecular weight is 392 g/mol. The minimum absolute atomic E-state index is 0.179. The Morgan fingerprint density at radius 2 is 1.88 bits per heavy atom. The fraction of sp³-hybridized carbons (Fsp3) is 0.105. The zero-order valence-corrected chi connectivity index (χ0v) is 15.1. The van der Waals surface area contributed by atoms with E-state index in [4.69, 9.17) is 37.5 Å². The van der Waals surface area contributed by atoms with Gasteiger partial charge in [-0.15, -0.1) is 0 Å². The highest BCUT2D eigenvalue weighted by atomic mass is 35.5. The number of hydrogen-bond acceptors (Lipinski definition) is 4. The second-order valence-electron chi connectivity index (χ2n) is 5.39. The second kappa shape index (κ2) is 8.27. The normalized spacial score (nSPS) is 10.6. The van der Waals surface area contributed by atoms with Crippen molar-refractivity contribution in [3.63, 3.8) is 0 Å². The van der Waals surface area contributed by atoms with Gasteiger partial charge >= 0.3 is 0 Å². The quantitative estimate of drug-likeness (QED) is 0.634. The number of aliphatic hydroxyl groups is 1. The minimum Gasteiger partial charge on any atom is -0.482 e. The number of para-hydroxylation sites is 1. The Morgan fingerprint density at radius 1 is 1.08 bits per heavy atom. The summed E-state index contributed by atoms with van der Waals surface area (Å²) in [5.41, 5.74) is 1.19. The van der Waals surface area contributed by atoms with Crippen molar-refractivity contribution in [3.8, 4) is 17.1 Å². The lowest BCUT2D eigenvalue weighted by Crippen LogP contribution is -2.20. The monoisotopic (exact) mass is 391 g/mol. The van der Waals surface area contributed by atoms with E-state index < -0.39 is 0 Å². The summed E-state index contributed by atoms with van der Waals surface area (Å²) in [5.74, 6) is 1.09. The number of hydrogen-bond donors (Lipinski definition) is 2. The number of carbonyl (C=O) groups is 1. The number of amides is 1. The second-order valence-corrected chi connectivity index (χ2v) is 6.20. The van der Waals surface area contributed by atoms with Crippen molar-refractivity contribution in [1.82, 2.24) is 0 Å². The van der Waals surface area contributed by atoms with Crippen LogP contribution in [0, 0.1) is 0 Å². The molecule has 0 fully saturated rings. The Hall–Kier alpha value is -2.47. The van der Waals surface area contributed by atoms with Gasteiger partial charge < -0.3 is 19.6 Å². The molecule has 0 atom stereocenters. The smallest absolute Gasteiger partial charge is 0.262 e. The van der Waals surface area contributed by atoms with E-state index in [2.05, 4.69) is 5.32 Å². The molecule has 5 nitrogen and oxygen atoms in total. The predicted molar refractivity (Wildman–Crippen MR) is 101 cm³/mol. The zero-order valence-electron chi connectivity index (χ0n) is 13.5. The SMILES string of the molecule is O=C(COc1ccccc1Cl)Nc1ccc(-c2ccc(CO)o2)c(Cl)c1. The number of benzene rings is 2. The third-order valence-electron chi connectivity index (χ3n) is 3.53. The van der Waals surface area contributed by atoms with Crippen LogP contribution in [-0.2, 0) is 11.4 Å². The maximum atomic E-state index is 12.0. The fourth-order valence-electron chi connectivity index (χ4n) is 2.30. The molecule has 1 heterocycles. The number of furan rings is 1. The lowest BCUT2D eigenvalue weighted by atomic mass is 10.1. The molecule has 1 aromatic heterocycles. The third-order valence-corrected chi connectivity index (χ3v) is 4.16. The van der Waals surface area contributed by atoms with Crippen LogP contribution in [0.15, 0.2) is 59.0 Å². The van der Waals surface area contributed by atoms with Gasteiger partial charge in [0.2, 0.25) is 0 Å². The highest BCUT2D eigenvalue weighted by Gasteiger charge is 2.11. The van der Waals surface area contributed by atoms with Gasteiger partial charge in [-0.05, 0) is 42.5 Å². The molecule has 0 saturated heterocycles. The summed E-state index contributed by atoms with van der Waals surface area (Å²) in [7, 11) is 0. The Bertz CT molecular complexity index is 923. The lowest BCUT2D eigenvalue weighted by molar-refractivity contribution is -0.118. The molecule has 0 radical (unpaired) electrons. The van der Waals surface area contributed by atoms with Crippen molar-refractivity contribution >= 4 is 34.8 Å². The minimum atomic E-state index is -0.339. The first-order valence-electron chi connectivity index (χ1n) is 7.73. The van der Waals surface area contributed by atoms with E-state index in [0.717, 1.165) is 0 Å². The highest BCUT2D eigenvalue weighted by molar-refractivity contribution is 6.33. The van der Waals surface area contributed by atoms with Gasteiger partial charge in [-0.3, -0.25) is 4.79 Å². The number of ether oxygens (including phenoxy) is 1. The van der Waals surface area contributed by atoms with Gasteiger partial charge in [0.25, 0.3) is 5.91 Å². The largest absolute Gasteiger partial charge is 0.482 e. The van der Waals surface area contributed by atoms with Crippen molar-refractivity contribution in [2.45, 2.75) is 6.61 Å². The van der Waals surface area contributed by atoms with Crippen LogP contribution in [0.25, 0.3) is 11.3 Å². The van der Waals surface area contributed by atoms with Gasteiger partial charge in [0.05, 0.1) is 10.0 Å². The van der Waals surface area contributed by atoms with Crippen molar-refractivity contribution < 1.29 is 19.1 Å². The van der Waals surface area contributed by atoms with Crippen LogP contribution in [-0.4, -0.2) is 17.6 Å². The molecule has 0 aliphatic heterocycles. The van der Waals surface area contributed by atoms with Crippen molar-refractivity contribution in [3.05, 3.63) is 70.4 Å². The van der Waals surface area contributed by atoms with E-state index in [0.29, 0.717) is 38.6 Å². The summed E-state index contributed by atoms with van der Waals surface area (Å²) in [5, 5.41) is 12.6. The van der Waals surface area contributed by atoms with Crippen molar-refractivity contribution in [2.24, 2.45) is 0 Å². The van der Waals surface area contributed by atoms with E-state index >= 15 is 0 Å². The Kier molecular flexibility index (Phi) is 5.83. The number of nitrogens with one attached hydrogen (secondary N) is 1. The first-order valence-corrected chi connectivity index (χ1v) is 8.49. The molecule has 0 spiro atoms. The average Bonchev–Trinajstić information content (AvgIpc) is 3.10. The zero-order chi connectivity index (χ0) is 18.5. The van der Waals surface area contributed by atoms with Crippen LogP contribution in [0.5, 0.6) is 5.75 Å². The van der Waals surface area contributed by atoms with Gasteiger partial charge in [-0.1, -0.05) is 35.3 Å². The number of halogens is 2. The first kappa shape index (κ1) is 18.3. The van der Waals surface area contributed by atoms with Gasteiger partial charge in [0.15, 0.2) is 6.61 Å². The maximum absolute atomic E-state index is 12.0. The Morgan fingerprint density at radius 3 is 2.58 bits per heavy atom. The van der Waals surface area contributed by atoms with Crippen LogP contribution in [0.3, 0.4) is 0 Å². The number of anilines is 1. The van der Waals surface area contributed by atoms with E-state index in [1.165, 1.54) is 0 Å². The molecule has 7 heteroatoms. The summed E-state index contributed by atoms with van der Waals surface area (Å²) in [6, 6.07) is 15.4. The molecule has 2 aromatic carbocycles. The third kappa shape index (κ3) is 4.38. The van der Waals surface area contributed by atoms with Crippen LogP contribution in [0.1, 0.15) is 5.76 Å². The molecular formula is C19H15Cl2NO4. The summed E-state index contributed by atoms with van der Waals surface area (Å²) in [6.07, 6.45) is 0. The Labute approximate surface area is 160 Å². The summed E-state index contributed by atoms with van der Waals surface area (Å²) >= 11 is 12.2. The van der Waals surface area contributed by atoms with Crippen LogP contribution >= 0.6 is 23.2 Å². The van der Waals surface area contributed by atoms with Gasteiger partial charge in [-0.25, -0.2) is 0 Å². The van der Waals surface area contributed by atoms with E-state index in [9.17, 15) is 4.79 Å². The van der Waals surface area contributed by atoms with Crippen LogP contribution in [0.2, 0.25) is 10.0 Å². The molecule has 2 N–H and O–H groups in total. The highest BCUT2D eigenvalue weighted by Crippen LogP contribution is 2.31.